The number of amides is 2. The van der Waals surface area contributed by atoms with Crippen LogP contribution in [0.1, 0.15) is 49.9 Å². The van der Waals surface area contributed by atoms with Gasteiger partial charge in [-0.3, -0.25) is 5.10 Å². The number of aromatic nitrogens is 3. The average molecular weight is 424 g/mol. The molecular formula is C23H29N5O3. The lowest BCUT2D eigenvalue weighted by atomic mass is 10.1. The van der Waals surface area contributed by atoms with Crippen molar-refractivity contribution in [2.75, 3.05) is 18.5 Å². The highest BCUT2D eigenvalue weighted by atomic mass is 16.5. The summed E-state index contributed by atoms with van der Waals surface area (Å²) in [6, 6.07) is 14.1. The Bertz CT molecular complexity index is 974. The van der Waals surface area contributed by atoms with Crippen LogP contribution < -0.4 is 20.1 Å². The number of urea groups is 1. The number of anilines is 1. The molecule has 0 aliphatic heterocycles. The predicted molar refractivity (Wildman–Crippen MR) is 120 cm³/mol. The van der Waals surface area contributed by atoms with Crippen LogP contribution in [-0.4, -0.2) is 34.4 Å². The summed E-state index contributed by atoms with van der Waals surface area (Å²) in [7, 11) is 0. The normalized spacial score (nSPS) is 11.6. The SMILES string of the molecule is CCCOc1ccc(NC(=O)NC(c2ccccc2)c2n[nH]c(C)n2)cc1OCCC. The molecule has 164 valence electrons. The second kappa shape index (κ2) is 11.0. The first-order valence-corrected chi connectivity index (χ1v) is 10.5. The number of hydrogen-bond donors (Lipinski definition) is 3. The summed E-state index contributed by atoms with van der Waals surface area (Å²) in [5.74, 6) is 2.45. The first-order chi connectivity index (χ1) is 15.1. The molecule has 31 heavy (non-hydrogen) atoms. The van der Waals surface area contributed by atoms with E-state index >= 15 is 0 Å². The van der Waals surface area contributed by atoms with Crippen molar-refractivity contribution >= 4 is 11.7 Å². The van der Waals surface area contributed by atoms with Crippen LogP contribution in [0.3, 0.4) is 0 Å². The molecule has 1 heterocycles. The molecule has 0 spiro atoms. The maximum absolute atomic E-state index is 12.8. The van der Waals surface area contributed by atoms with E-state index in [9.17, 15) is 4.79 Å². The largest absolute Gasteiger partial charge is 0.490 e. The number of nitrogens with zero attached hydrogens (tertiary/aromatic N) is 2. The molecule has 3 aromatic rings. The Morgan fingerprint density at radius 2 is 1.74 bits per heavy atom. The Labute approximate surface area is 182 Å². The lowest BCUT2D eigenvalue weighted by Crippen LogP contribution is -2.33. The standard InChI is InChI=1S/C23H29N5O3/c1-4-13-30-19-12-11-18(15-20(19)31-14-5-2)25-23(29)26-21(17-9-7-6-8-10-17)22-24-16(3)27-28-22/h6-12,15,21H,4-5,13-14H2,1-3H3,(H,24,27,28)(H2,25,26,29). The number of aryl methyl sites for hydroxylation is 1. The smallest absolute Gasteiger partial charge is 0.320 e. The minimum absolute atomic E-state index is 0.375. The van der Waals surface area contributed by atoms with Crippen molar-refractivity contribution in [2.45, 2.75) is 39.7 Å². The minimum Gasteiger partial charge on any atom is -0.490 e. The maximum atomic E-state index is 12.8. The fourth-order valence-electron chi connectivity index (χ4n) is 2.97. The predicted octanol–water partition coefficient (Wildman–Crippen LogP) is 4.60. The zero-order valence-corrected chi connectivity index (χ0v) is 18.1. The van der Waals surface area contributed by atoms with Gasteiger partial charge in [0.1, 0.15) is 11.9 Å². The molecule has 0 aliphatic rings. The number of hydrogen-bond acceptors (Lipinski definition) is 5. The molecule has 0 fully saturated rings. The van der Waals surface area contributed by atoms with Gasteiger partial charge in [-0.05, 0) is 37.5 Å². The molecule has 0 saturated heterocycles. The van der Waals surface area contributed by atoms with Crippen molar-refractivity contribution in [3.63, 3.8) is 0 Å². The maximum Gasteiger partial charge on any atom is 0.320 e. The third-order valence-electron chi connectivity index (χ3n) is 4.41. The molecular weight excluding hydrogens is 394 g/mol. The molecule has 0 radical (unpaired) electrons. The molecule has 0 saturated carbocycles. The van der Waals surface area contributed by atoms with Crippen LogP contribution in [0.5, 0.6) is 11.5 Å². The average Bonchev–Trinajstić information content (AvgIpc) is 3.21. The fraction of sp³-hybridized carbons (Fsp3) is 0.348. The van der Waals surface area contributed by atoms with Gasteiger partial charge in [-0.2, -0.15) is 5.10 Å². The third-order valence-corrected chi connectivity index (χ3v) is 4.41. The van der Waals surface area contributed by atoms with E-state index < -0.39 is 6.04 Å². The molecule has 2 aromatic carbocycles. The second-order valence-electron chi connectivity index (χ2n) is 7.08. The van der Waals surface area contributed by atoms with Crippen molar-refractivity contribution in [3.05, 3.63) is 65.7 Å². The van der Waals surface area contributed by atoms with Gasteiger partial charge >= 0.3 is 6.03 Å². The Balaban J connectivity index is 1.75. The Hall–Kier alpha value is -3.55. The number of carbonyl (C=O) groups is 1. The molecule has 3 N–H and O–H groups in total. The lowest BCUT2D eigenvalue weighted by molar-refractivity contribution is 0.249. The second-order valence-corrected chi connectivity index (χ2v) is 7.08. The zero-order valence-electron chi connectivity index (χ0n) is 18.1. The van der Waals surface area contributed by atoms with Crippen molar-refractivity contribution in [3.8, 4) is 11.5 Å². The number of carbonyl (C=O) groups excluding carboxylic acids is 1. The van der Waals surface area contributed by atoms with E-state index in [1.54, 1.807) is 12.1 Å². The van der Waals surface area contributed by atoms with E-state index in [-0.39, 0.29) is 6.03 Å². The Morgan fingerprint density at radius 3 is 2.39 bits per heavy atom. The molecule has 3 rings (SSSR count). The minimum atomic E-state index is -0.492. The first kappa shape index (κ1) is 22.1. The van der Waals surface area contributed by atoms with E-state index in [4.69, 9.17) is 9.47 Å². The van der Waals surface area contributed by atoms with Crippen LogP contribution in [0.4, 0.5) is 10.5 Å². The molecule has 2 amide bonds. The number of rotatable bonds is 10. The van der Waals surface area contributed by atoms with Crippen LogP contribution in [0.2, 0.25) is 0 Å². The Kier molecular flexibility index (Phi) is 7.86. The molecule has 8 nitrogen and oxygen atoms in total. The number of aromatic amines is 1. The summed E-state index contributed by atoms with van der Waals surface area (Å²) in [5, 5.41) is 12.9. The molecule has 0 bridgehead atoms. The van der Waals surface area contributed by atoms with Crippen molar-refractivity contribution < 1.29 is 14.3 Å². The number of benzene rings is 2. The third kappa shape index (κ3) is 6.21. The van der Waals surface area contributed by atoms with Crippen LogP contribution in [0.15, 0.2) is 48.5 Å². The summed E-state index contributed by atoms with van der Waals surface area (Å²) >= 11 is 0. The summed E-state index contributed by atoms with van der Waals surface area (Å²) < 4.78 is 11.6. The van der Waals surface area contributed by atoms with E-state index in [1.807, 2.05) is 57.2 Å². The van der Waals surface area contributed by atoms with Gasteiger partial charge in [-0.25, -0.2) is 9.78 Å². The summed E-state index contributed by atoms with van der Waals surface area (Å²) in [4.78, 5) is 17.2. The molecule has 1 unspecified atom stereocenters. The van der Waals surface area contributed by atoms with E-state index in [0.29, 0.717) is 42.0 Å². The van der Waals surface area contributed by atoms with Crippen LogP contribution in [-0.2, 0) is 0 Å². The van der Waals surface area contributed by atoms with Gasteiger partial charge < -0.3 is 20.1 Å². The van der Waals surface area contributed by atoms with E-state index in [0.717, 1.165) is 18.4 Å². The van der Waals surface area contributed by atoms with Crippen LogP contribution in [0.25, 0.3) is 0 Å². The molecule has 0 aliphatic carbocycles. The summed E-state index contributed by atoms with van der Waals surface area (Å²) in [6.07, 6.45) is 1.78. The van der Waals surface area contributed by atoms with E-state index in [2.05, 4.69) is 25.8 Å². The Morgan fingerprint density at radius 1 is 1.03 bits per heavy atom. The topological polar surface area (TPSA) is 101 Å². The van der Waals surface area contributed by atoms with E-state index in [1.165, 1.54) is 0 Å². The molecule has 1 aromatic heterocycles. The fourth-order valence-corrected chi connectivity index (χ4v) is 2.97. The monoisotopic (exact) mass is 423 g/mol. The quantitative estimate of drug-likeness (QED) is 0.442. The summed E-state index contributed by atoms with van der Waals surface area (Å²) in [5.41, 5.74) is 1.48. The van der Waals surface area contributed by atoms with Gasteiger partial charge in [-0.1, -0.05) is 44.2 Å². The molecule has 1 atom stereocenters. The van der Waals surface area contributed by atoms with Crippen LogP contribution >= 0.6 is 0 Å². The van der Waals surface area contributed by atoms with Gasteiger partial charge in [0.25, 0.3) is 0 Å². The van der Waals surface area contributed by atoms with Gasteiger partial charge in [-0.15, -0.1) is 0 Å². The van der Waals surface area contributed by atoms with Crippen molar-refractivity contribution in [1.29, 1.82) is 0 Å². The summed E-state index contributed by atoms with van der Waals surface area (Å²) in [6.45, 7) is 7.07. The van der Waals surface area contributed by atoms with Gasteiger partial charge in [0.15, 0.2) is 17.3 Å². The van der Waals surface area contributed by atoms with Gasteiger partial charge in [0.2, 0.25) is 0 Å². The number of ether oxygens (including phenoxy) is 2. The van der Waals surface area contributed by atoms with Gasteiger partial charge in [0.05, 0.1) is 13.2 Å². The zero-order chi connectivity index (χ0) is 22.1. The van der Waals surface area contributed by atoms with Crippen molar-refractivity contribution in [1.82, 2.24) is 20.5 Å². The highest BCUT2D eigenvalue weighted by Crippen LogP contribution is 2.31. The van der Waals surface area contributed by atoms with Crippen LogP contribution in [0, 0.1) is 6.92 Å². The molecule has 8 heteroatoms. The number of H-pyrrole nitrogens is 1. The number of nitrogens with one attached hydrogen (secondary N) is 3. The lowest BCUT2D eigenvalue weighted by Gasteiger charge is -2.18. The highest BCUT2D eigenvalue weighted by molar-refractivity contribution is 5.90. The first-order valence-electron chi connectivity index (χ1n) is 10.5. The van der Waals surface area contributed by atoms with Crippen molar-refractivity contribution in [2.24, 2.45) is 0 Å². The van der Waals surface area contributed by atoms with Gasteiger partial charge in [0, 0.05) is 11.8 Å². The highest BCUT2D eigenvalue weighted by Gasteiger charge is 2.21.